The van der Waals surface area contributed by atoms with Crippen LogP contribution in [-0.2, 0) is 41.8 Å². The molecule has 1 radical (unpaired) electrons. The molecule has 0 aliphatic heterocycles. The van der Waals surface area contributed by atoms with Crippen LogP contribution in [0.3, 0.4) is 0 Å². The smallest absolute Gasteiger partial charge is 0.213 e. The fraction of sp³-hybridized carbons (Fsp3) is 0.714. The predicted octanol–water partition coefficient (Wildman–Crippen LogP) is 2.81. The quantitative estimate of drug-likeness (QED) is 0.718. The first-order chi connectivity index (χ1) is 4.66. The average molecular weight is 251 g/mol. The van der Waals surface area contributed by atoms with Crippen LogP contribution in [0.15, 0.2) is 11.9 Å². The minimum Gasteiger partial charge on any atom is -0.325 e. The fourth-order valence-electron chi connectivity index (χ4n) is 0.486. The Morgan fingerprint density at radius 3 is 2.45 bits per heavy atom. The Kier molecular flexibility index (Phi) is 12.1. The molecule has 0 aliphatic carbocycles. The molecular weight excluding hydrogens is 236 g/mol. The van der Waals surface area contributed by atoms with Crippen molar-refractivity contribution in [3.05, 3.63) is 11.9 Å². The van der Waals surface area contributed by atoms with Gasteiger partial charge in [-0.05, 0) is 26.1 Å². The monoisotopic (exact) mass is 251 g/mol. The van der Waals surface area contributed by atoms with Crippen LogP contribution in [0.25, 0.3) is 0 Å². The summed E-state index contributed by atoms with van der Waals surface area (Å²) in [5.41, 5.74) is 0. The first-order valence-corrected chi connectivity index (χ1v) is 4.93. The van der Waals surface area contributed by atoms with Gasteiger partial charge in [-0.3, -0.25) is 4.57 Å². The van der Waals surface area contributed by atoms with Crippen molar-refractivity contribution in [1.29, 1.82) is 0 Å². The van der Waals surface area contributed by atoms with Crippen LogP contribution < -0.4 is 0 Å². The number of rotatable bonds is 4. The van der Waals surface area contributed by atoms with Gasteiger partial charge >= 0.3 is 0 Å². The van der Waals surface area contributed by atoms with Gasteiger partial charge in [-0.25, -0.2) is 0 Å². The first kappa shape index (κ1) is 14.6. The molecule has 0 fully saturated rings. The summed E-state index contributed by atoms with van der Waals surface area (Å²) in [5.74, 6) is 1.64. The standard InChI is InChI=1S/C7H15O2P.Y/c1-4-5-6-10(8)9-7(2)3;/h5-7,10H,4H2,1-3H3;/b6-5+;. The number of hydrogen-bond acceptors (Lipinski definition) is 2. The molecule has 0 aromatic heterocycles. The van der Waals surface area contributed by atoms with E-state index in [1.165, 1.54) is 0 Å². The van der Waals surface area contributed by atoms with Crippen LogP contribution in [0.5, 0.6) is 0 Å². The molecule has 4 heteroatoms. The van der Waals surface area contributed by atoms with Crippen molar-refractivity contribution >= 4 is 8.03 Å². The van der Waals surface area contributed by atoms with E-state index in [1.54, 1.807) is 5.82 Å². The molecule has 0 aromatic rings. The molecule has 0 saturated heterocycles. The van der Waals surface area contributed by atoms with Crippen molar-refractivity contribution in [1.82, 2.24) is 0 Å². The Morgan fingerprint density at radius 2 is 2.09 bits per heavy atom. The van der Waals surface area contributed by atoms with E-state index in [2.05, 4.69) is 0 Å². The van der Waals surface area contributed by atoms with Gasteiger partial charge in [0.05, 0.1) is 6.10 Å². The van der Waals surface area contributed by atoms with E-state index >= 15 is 0 Å². The third-order valence-corrected chi connectivity index (χ3v) is 2.05. The molecule has 0 amide bonds. The second kappa shape index (κ2) is 9.12. The van der Waals surface area contributed by atoms with Crippen LogP contribution in [0.4, 0.5) is 0 Å². The van der Waals surface area contributed by atoms with Crippen molar-refractivity contribution in [2.24, 2.45) is 0 Å². The molecule has 1 unspecified atom stereocenters. The van der Waals surface area contributed by atoms with E-state index in [-0.39, 0.29) is 38.8 Å². The number of allylic oxidation sites excluding steroid dienone is 1. The van der Waals surface area contributed by atoms with Gasteiger partial charge in [-0.2, -0.15) is 0 Å². The maximum Gasteiger partial charge on any atom is 0.213 e. The van der Waals surface area contributed by atoms with Crippen LogP contribution in [0, 0.1) is 0 Å². The van der Waals surface area contributed by atoms with Gasteiger partial charge < -0.3 is 4.52 Å². The molecule has 0 rings (SSSR count). The SMILES string of the molecule is CC/C=C/[PH](=O)OC(C)C.[Y]. The van der Waals surface area contributed by atoms with Crippen molar-refractivity contribution in [2.45, 2.75) is 33.3 Å². The van der Waals surface area contributed by atoms with Gasteiger partial charge in [0.1, 0.15) is 0 Å². The van der Waals surface area contributed by atoms with E-state index < -0.39 is 8.03 Å². The minimum absolute atomic E-state index is 0. The van der Waals surface area contributed by atoms with E-state index in [0.29, 0.717) is 0 Å². The number of hydrogen-bond donors (Lipinski definition) is 0. The summed E-state index contributed by atoms with van der Waals surface area (Å²) in [6.07, 6.45) is 2.84. The summed E-state index contributed by atoms with van der Waals surface area (Å²) in [7, 11) is -1.88. The van der Waals surface area contributed by atoms with Crippen LogP contribution in [0.1, 0.15) is 27.2 Å². The Balaban J connectivity index is 0. The molecule has 11 heavy (non-hydrogen) atoms. The minimum atomic E-state index is -1.88. The van der Waals surface area contributed by atoms with E-state index in [4.69, 9.17) is 4.52 Å². The summed E-state index contributed by atoms with van der Waals surface area (Å²) in [4.78, 5) is 0. The molecule has 0 aromatic carbocycles. The molecule has 63 valence electrons. The summed E-state index contributed by atoms with van der Waals surface area (Å²) in [6, 6.07) is 0. The van der Waals surface area contributed by atoms with Gasteiger partial charge in [0.25, 0.3) is 0 Å². The summed E-state index contributed by atoms with van der Waals surface area (Å²) < 4.78 is 15.9. The van der Waals surface area contributed by atoms with Crippen molar-refractivity contribution in [3.8, 4) is 0 Å². The second-order valence-electron chi connectivity index (χ2n) is 2.30. The summed E-state index contributed by atoms with van der Waals surface area (Å²) >= 11 is 0. The largest absolute Gasteiger partial charge is 0.325 e. The zero-order valence-corrected chi connectivity index (χ0v) is 11.2. The molecule has 0 N–H and O–H groups in total. The van der Waals surface area contributed by atoms with Crippen molar-refractivity contribution in [3.63, 3.8) is 0 Å². The van der Waals surface area contributed by atoms with Gasteiger partial charge in [-0.1, -0.05) is 13.0 Å². The van der Waals surface area contributed by atoms with Gasteiger partial charge in [0, 0.05) is 32.7 Å². The third-order valence-electron chi connectivity index (χ3n) is 0.841. The molecule has 0 aliphatic rings. The molecule has 1 atom stereocenters. The topological polar surface area (TPSA) is 26.3 Å². The maximum atomic E-state index is 10.9. The van der Waals surface area contributed by atoms with Gasteiger partial charge in [0.2, 0.25) is 8.03 Å². The molecule has 0 heterocycles. The first-order valence-electron chi connectivity index (χ1n) is 3.54. The van der Waals surface area contributed by atoms with E-state index in [1.807, 2.05) is 26.8 Å². The van der Waals surface area contributed by atoms with Crippen molar-refractivity contribution < 1.29 is 41.8 Å². The van der Waals surface area contributed by atoms with Crippen LogP contribution in [0.2, 0.25) is 0 Å². The summed E-state index contributed by atoms with van der Waals surface area (Å²) in [5, 5.41) is 0. The predicted molar refractivity (Wildman–Crippen MR) is 44.7 cm³/mol. The van der Waals surface area contributed by atoms with Gasteiger partial charge in [-0.15, -0.1) is 0 Å². The Labute approximate surface area is 94.5 Å². The zero-order valence-electron chi connectivity index (χ0n) is 7.33. The molecule has 2 nitrogen and oxygen atoms in total. The summed E-state index contributed by atoms with van der Waals surface area (Å²) in [6.45, 7) is 5.76. The van der Waals surface area contributed by atoms with Crippen LogP contribution >= 0.6 is 8.03 Å². The molecule has 0 saturated carbocycles. The Bertz CT molecular complexity index is 134. The van der Waals surface area contributed by atoms with E-state index in [9.17, 15) is 4.57 Å². The Morgan fingerprint density at radius 1 is 1.55 bits per heavy atom. The Hall–Kier alpha value is 1.03. The van der Waals surface area contributed by atoms with Gasteiger partial charge in [0.15, 0.2) is 0 Å². The van der Waals surface area contributed by atoms with E-state index in [0.717, 1.165) is 6.42 Å². The molecular formula is C7H15O2PY. The van der Waals surface area contributed by atoms with Crippen molar-refractivity contribution in [2.75, 3.05) is 0 Å². The molecule has 0 bridgehead atoms. The molecule has 0 spiro atoms. The van der Waals surface area contributed by atoms with Crippen LogP contribution in [-0.4, -0.2) is 6.10 Å². The normalized spacial score (nSPS) is 13.5. The third kappa shape index (κ3) is 11.0. The zero-order chi connectivity index (χ0) is 7.98. The fourth-order valence-corrected chi connectivity index (χ4v) is 1.46. The second-order valence-corrected chi connectivity index (χ2v) is 3.50. The average Bonchev–Trinajstić information content (AvgIpc) is 1.82. The maximum absolute atomic E-state index is 10.9.